The van der Waals surface area contributed by atoms with Crippen LogP contribution in [0.2, 0.25) is 0 Å². The summed E-state index contributed by atoms with van der Waals surface area (Å²) in [5, 5.41) is 6.70. The van der Waals surface area contributed by atoms with Gasteiger partial charge in [-0.15, -0.1) is 0 Å². The third kappa shape index (κ3) is 9.43. The Morgan fingerprint density at radius 2 is 1.96 bits per heavy atom. The number of carbonyl (C=O) groups excluding carboxylic acids is 1. The Morgan fingerprint density at radius 3 is 2.61 bits per heavy atom. The maximum atomic E-state index is 11.7. The van der Waals surface area contributed by atoms with Crippen LogP contribution in [0.3, 0.4) is 0 Å². The number of aliphatic imine (C=N–C) groups is 1. The van der Waals surface area contributed by atoms with Crippen LogP contribution >= 0.6 is 0 Å². The second-order valence-corrected chi connectivity index (χ2v) is 6.32. The van der Waals surface area contributed by atoms with Gasteiger partial charge in [0.25, 0.3) is 0 Å². The summed E-state index contributed by atoms with van der Waals surface area (Å²) < 4.78 is 5.34. The first-order valence-electron chi connectivity index (χ1n) is 8.93. The van der Waals surface area contributed by atoms with Crippen LogP contribution in [0.1, 0.15) is 45.4 Å². The van der Waals surface area contributed by atoms with Crippen LogP contribution in [-0.4, -0.2) is 63.7 Å². The molecule has 0 saturated heterocycles. The lowest BCUT2D eigenvalue weighted by molar-refractivity contribution is -0.127. The third-order valence-corrected chi connectivity index (χ3v) is 4.12. The van der Waals surface area contributed by atoms with E-state index in [1.54, 1.807) is 19.0 Å². The van der Waals surface area contributed by atoms with Gasteiger partial charge in [-0.1, -0.05) is 19.3 Å². The zero-order chi connectivity index (χ0) is 16.9. The van der Waals surface area contributed by atoms with Crippen LogP contribution < -0.4 is 10.6 Å². The summed E-state index contributed by atoms with van der Waals surface area (Å²) >= 11 is 0. The number of likely N-dealkylation sites (N-methyl/N-ethyl adjacent to an activating group) is 1. The fourth-order valence-corrected chi connectivity index (χ4v) is 2.62. The molecule has 0 heterocycles. The van der Waals surface area contributed by atoms with E-state index in [0.717, 1.165) is 44.6 Å². The van der Waals surface area contributed by atoms with Crippen LogP contribution in [0.4, 0.5) is 0 Å². The number of ether oxygens (including phenoxy) is 1. The molecule has 1 amide bonds. The first-order chi connectivity index (χ1) is 11.1. The molecule has 1 aliphatic rings. The van der Waals surface area contributed by atoms with Crippen molar-refractivity contribution >= 4 is 11.9 Å². The molecule has 6 heteroatoms. The molecule has 23 heavy (non-hydrogen) atoms. The zero-order valence-electron chi connectivity index (χ0n) is 15.1. The highest BCUT2D eigenvalue weighted by Crippen LogP contribution is 2.22. The molecule has 0 aromatic rings. The van der Waals surface area contributed by atoms with Gasteiger partial charge in [-0.2, -0.15) is 0 Å². The molecule has 0 aromatic carbocycles. The van der Waals surface area contributed by atoms with Gasteiger partial charge in [0.1, 0.15) is 6.54 Å². The lowest BCUT2D eigenvalue weighted by Gasteiger charge is -2.23. The molecule has 1 fully saturated rings. The highest BCUT2D eigenvalue weighted by Gasteiger charge is 2.14. The lowest BCUT2D eigenvalue weighted by Crippen LogP contribution is -2.41. The highest BCUT2D eigenvalue weighted by atomic mass is 16.5. The maximum absolute atomic E-state index is 11.7. The standard InChI is InChI=1S/C17H34N4O2/c1-4-23-12-8-11-18-17(20-14-16(22)21(2)3)19-13-15-9-6-5-7-10-15/h15H,4-14H2,1-3H3,(H2,18,19,20). The summed E-state index contributed by atoms with van der Waals surface area (Å²) in [5.74, 6) is 1.48. The van der Waals surface area contributed by atoms with E-state index in [1.807, 2.05) is 6.92 Å². The fraction of sp³-hybridized carbons (Fsp3) is 0.882. The molecule has 1 rings (SSSR count). The van der Waals surface area contributed by atoms with Crippen LogP contribution in [0.15, 0.2) is 4.99 Å². The molecule has 0 spiro atoms. The minimum Gasteiger partial charge on any atom is -0.382 e. The summed E-state index contributed by atoms with van der Waals surface area (Å²) in [6.07, 6.45) is 7.55. The molecule has 0 aromatic heterocycles. The second kappa shape index (κ2) is 12.2. The Morgan fingerprint density at radius 1 is 1.22 bits per heavy atom. The van der Waals surface area contributed by atoms with E-state index in [4.69, 9.17) is 4.74 Å². The quantitative estimate of drug-likeness (QED) is 0.384. The number of guanidine groups is 1. The molecule has 0 unspecified atom stereocenters. The molecule has 0 atom stereocenters. The van der Waals surface area contributed by atoms with Gasteiger partial charge in [0, 0.05) is 40.4 Å². The summed E-state index contributed by atoms with van der Waals surface area (Å²) in [7, 11) is 3.50. The van der Waals surface area contributed by atoms with Crippen LogP contribution in [0.5, 0.6) is 0 Å². The average molecular weight is 326 g/mol. The number of hydrogen-bond donors (Lipinski definition) is 2. The summed E-state index contributed by atoms with van der Waals surface area (Å²) in [6.45, 7) is 5.41. The fourth-order valence-electron chi connectivity index (χ4n) is 2.62. The summed E-state index contributed by atoms with van der Waals surface area (Å²) in [4.78, 5) is 17.7. The molecular weight excluding hydrogens is 292 g/mol. The van der Waals surface area contributed by atoms with Gasteiger partial charge in [-0.3, -0.25) is 4.79 Å². The van der Waals surface area contributed by atoms with Crippen molar-refractivity contribution < 1.29 is 9.53 Å². The van der Waals surface area contributed by atoms with Gasteiger partial charge in [-0.25, -0.2) is 4.99 Å². The number of rotatable bonds is 9. The first kappa shape index (κ1) is 19.7. The first-order valence-corrected chi connectivity index (χ1v) is 8.93. The normalized spacial score (nSPS) is 16.2. The Balaban J connectivity index is 2.39. The molecule has 1 saturated carbocycles. The Kier molecular flexibility index (Phi) is 10.4. The van der Waals surface area contributed by atoms with Crippen molar-refractivity contribution in [2.24, 2.45) is 10.9 Å². The minimum absolute atomic E-state index is 0.0121. The number of nitrogens with zero attached hydrogens (tertiary/aromatic N) is 2. The molecule has 134 valence electrons. The van der Waals surface area contributed by atoms with Gasteiger partial charge < -0.3 is 20.3 Å². The maximum Gasteiger partial charge on any atom is 0.243 e. The number of hydrogen-bond acceptors (Lipinski definition) is 3. The van der Waals surface area contributed by atoms with Crippen molar-refractivity contribution in [2.45, 2.75) is 45.4 Å². The SMILES string of the molecule is CCOCCCNC(=NCC(=O)N(C)C)NCC1CCCCC1. The van der Waals surface area contributed by atoms with Gasteiger partial charge in [0.15, 0.2) is 5.96 Å². The highest BCUT2D eigenvalue weighted by molar-refractivity contribution is 5.84. The number of nitrogens with one attached hydrogen (secondary N) is 2. The van der Waals surface area contributed by atoms with Gasteiger partial charge in [-0.05, 0) is 32.1 Å². The predicted octanol–water partition coefficient (Wildman–Crippen LogP) is 1.62. The van der Waals surface area contributed by atoms with E-state index in [0.29, 0.717) is 0 Å². The van der Waals surface area contributed by atoms with Crippen molar-refractivity contribution in [2.75, 3.05) is 46.9 Å². The van der Waals surface area contributed by atoms with E-state index >= 15 is 0 Å². The summed E-state index contributed by atoms with van der Waals surface area (Å²) in [5.41, 5.74) is 0. The van der Waals surface area contributed by atoms with Crippen molar-refractivity contribution in [1.82, 2.24) is 15.5 Å². The van der Waals surface area contributed by atoms with Crippen LogP contribution in [0.25, 0.3) is 0 Å². The monoisotopic (exact) mass is 326 g/mol. The Hall–Kier alpha value is -1.30. The van der Waals surface area contributed by atoms with E-state index < -0.39 is 0 Å². The molecular formula is C17H34N4O2. The van der Waals surface area contributed by atoms with Crippen molar-refractivity contribution in [3.8, 4) is 0 Å². The summed E-state index contributed by atoms with van der Waals surface area (Å²) in [6, 6.07) is 0. The number of amides is 1. The largest absolute Gasteiger partial charge is 0.382 e. The van der Waals surface area contributed by atoms with Crippen molar-refractivity contribution in [1.29, 1.82) is 0 Å². The molecule has 2 N–H and O–H groups in total. The molecule has 0 aliphatic heterocycles. The molecule has 0 radical (unpaired) electrons. The van der Waals surface area contributed by atoms with Crippen molar-refractivity contribution in [3.63, 3.8) is 0 Å². The molecule has 6 nitrogen and oxygen atoms in total. The van der Waals surface area contributed by atoms with Gasteiger partial charge in [0.05, 0.1) is 0 Å². The Labute approximate surface area is 141 Å². The zero-order valence-corrected chi connectivity index (χ0v) is 15.1. The van der Waals surface area contributed by atoms with E-state index in [1.165, 1.54) is 32.1 Å². The van der Waals surface area contributed by atoms with Crippen molar-refractivity contribution in [3.05, 3.63) is 0 Å². The van der Waals surface area contributed by atoms with Crippen LogP contribution in [-0.2, 0) is 9.53 Å². The Bertz CT molecular complexity index is 353. The van der Waals surface area contributed by atoms with Gasteiger partial charge in [0.2, 0.25) is 5.91 Å². The smallest absolute Gasteiger partial charge is 0.243 e. The lowest BCUT2D eigenvalue weighted by atomic mass is 9.89. The van der Waals surface area contributed by atoms with E-state index in [-0.39, 0.29) is 12.5 Å². The third-order valence-electron chi connectivity index (χ3n) is 4.12. The predicted molar refractivity (Wildman–Crippen MR) is 94.7 cm³/mol. The average Bonchev–Trinajstić information content (AvgIpc) is 2.56. The van der Waals surface area contributed by atoms with E-state index in [2.05, 4.69) is 15.6 Å². The molecule has 0 bridgehead atoms. The van der Waals surface area contributed by atoms with E-state index in [9.17, 15) is 4.79 Å². The van der Waals surface area contributed by atoms with Gasteiger partial charge >= 0.3 is 0 Å². The second-order valence-electron chi connectivity index (χ2n) is 6.32. The molecule has 1 aliphatic carbocycles. The van der Waals surface area contributed by atoms with Crippen LogP contribution in [0, 0.1) is 5.92 Å². The minimum atomic E-state index is 0.0121. The topological polar surface area (TPSA) is 66.0 Å². The number of carbonyl (C=O) groups is 1.